The Morgan fingerprint density at radius 1 is 0.500 bits per heavy atom. The van der Waals surface area contributed by atoms with E-state index < -0.39 is 0 Å². The molecule has 4 aliphatic rings. The van der Waals surface area contributed by atoms with E-state index in [0.29, 0.717) is 13.0 Å². The van der Waals surface area contributed by atoms with Gasteiger partial charge >= 0.3 is 0 Å². The van der Waals surface area contributed by atoms with E-state index in [9.17, 15) is 0 Å². The first kappa shape index (κ1) is 40.3. The number of rotatable bonds is 5. The fraction of sp³-hybridized carbons (Fsp3) is 0.200. The Bertz CT molecular complexity index is 3230. The van der Waals surface area contributed by atoms with Gasteiger partial charge in [-0.15, -0.1) is 0 Å². The maximum absolute atomic E-state index is 6.71. The standard InChI is InChI=1S/C60H54BN3O2/c1-37-31-45-46(59(4,5)30-29-58(45,2)3)34-49(37)64-50-36-55-54(65-52-27-16-17-28-53(52)66-55)35-47(50)61-56-42(41-23-18-25-44-57(41)62-48-26-15-14-24-43(48)60(44,6)7)32-40(33-51(56)64)63(38-19-10-8-11-20-38)39-21-12-9-13-22-39/h8-28,31-36,61-62H,29-30H2,1-7H3. The average molecular weight is 860 g/mol. The van der Waals surface area contributed by atoms with Gasteiger partial charge in [0.25, 0.3) is 0 Å². The molecular weight excluding hydrogens is 805 g/mol. The molecular formula is C60H54BN3O2. The summed E-state index contributed by atoms with van der Waals surface area (Å²) >= 11 is 0. The van der Waals surface area contributed by atoms with E-state index >= 15 is 0 Å². The van der Waals surface area contributed by atoms with E-state index in [0.717, 1.165) is 69.9 Å². The molecule has 1 aliphatic carbocycles. The second kappa shape index (κ2) is 14.7. The molecule has 0 unspecified atom stereocenters. The lowest BCUT2D eigenvalue weighted by Gasteiger charge is -2.44. The highest BCUT2D eigenvalue weighted by Gasteiger charge is 2.40. The van der Waals surface area contributed by atoms with Crippen LogP contribution in [-0.4, -0.2) is 7.28 Å². The van der Waals surface area contributed by atoms with E-state index in [4.69, 9.17) is 9.47 Å². The summed E-state index contributed by atoms with van der Waals surface area (Å²) in [6.07, 6.45) is 2.29. The van der Waals surface area contributed by atoms with Crippen LogP contribution in [0.2, 0.25) is 0 Å². The molecule has 0 radical (unpaired) electrons. The number of benzene rings is 8. The number of aryl methyl sites for hydroxylation is 1. The first-order valence-corrected chi connectivity index (χ1v) is 23.5. The van der Waals surface area contributed by atoms with Crippen LogP contribution in [0.1, 0.15) is 82.2 Å². The largest absolute Gasteiger partial charge is 0.450 e. The summed E-state index contributed by atoms with van der Waals surface area (Å²) in [5.41, 5.74) is 20.3. The third kappa shape index (κ3) is 6.29. The van der Waals surface area contributed by atoms with Crippen LogP contribution >= 0.6 is 0 Å². The number of fused-ring (bicyclic) bond motifs is 7. The van der Waals surface area contributed by atoms with Crippen molar-refractivity contribution >= 4 is 63.7 Å². The monoisotopic (exact) mass is 859 g/mol. The summed E-state index contributed by atoms with van der Waals surface area (Å²) in [7, 11) is 0.692. The zero-order valence-corrected chi connectivity index (χ0v) is 38.9. The van der Waals surface area contributed by atoms with Crippen LogP contribution in [0.25, 0.3) is 11.1 Å². The highest BCUT2D eigenvalue weighted by atomic mass is 16.6. The summed E-state index contributed by atoms with van der Waals surface area (Å²) in [6.45, 7) is 16.7. The lowest BCUT2D eigenvalue weighted by atomic mass is 9.57. The quantitative estimate of drug-likeness (QED) is 0.175. The molecule has 0 aromatic heterocycles. The van der Waals surface area contributed by atoms with Crippen molar-refractivity contribution in [1.82, 2.24) is 0 Å². The van der Waals surface area contributed by atoms with Crippen molar-refractivity contribution in [3.63, 3.8) is 0 Å². The van der Waals surface area contributed by atoms with Gasteiger partial charge in [-0.3, -0.25) is 0 Å². The Balaban J connectivity index is 1.17. The van der Waals surface area contributed by atoms with Crippen LogP contribution in [0.15, 0.2) is 164 Å². The summed E-state index contributed by atoms with van der Waals surface area (Å²) in [4.78, 5) is 4.96. The van der Waals surface area contributed by atoms with Crippen LogP contribution in [-0.2, 0) is 16.2 Å². The fourth-order valence-electron chi connectivity index (χ4n) is 11.3. The smallest absolute Gasteiger partial charge is 0.198 e. The Morgan fingerprint density at radius 3 is 1.77 bits per heavy atom. The number of hydrogen-bond acceptors (Lipinski definition) is 5. The SMILES string of the molecule is Cc1cc2c(cc1N1c3cc4c(cc3Bc3c(-c5cccc6c5Nc5ccccc5C6(C)C)cc(N(c5ccccc5)c5ccccc5)cc31)Oc1ccccc1O4)C(C)(C)CCC2(C)C. The molecule has 0 saturated carbocycles. The lowest BCUT2D eigenvalue weighted by molar-refractivity contribution is 0.332. The van der Waals surface area contributed by atoms with E-state index in [1.807, 2.05) is 24.3 Å². The molecule has 324 valence electrons. The number of ether oxygens (including phenoxy) is 2. The molecule has 0 bridgehead atoms. The van der Waals surface area contributed by atoms with Crippen molar-refractivity contribution < 1.29 is 9.47 Å². The van der Waals surface area contributed by atoms with E-state index in [-0.39, 0.29) is 16.2 Å². The molecule has 6 heteroatoms. The van der Waals surface area contributed by atoms with Crippen molar-refractivity contribution in [1.29, 1.82) is 0 Å². The van der Waals surface area contributed by atoms with Crippen molar-refractivity contribution in [2.75, 3.05) is 15.1 Å². The summed E-state index contributed by atoms with van der Waals surface area (Å²) in [5, 5.41) is 3.99. The van der Waals surface area contributed by atoms with Crippen LogP contribution in [0.4, 0.5) is 45.5 Å². The van der Waals surface area contributed by atoms with Crippen molar-refractivity contribution in [3.05, 3.63) is 192 Å². The first-order chi connectivity index (χ1) is 31.9. The van der Waals surface area contributed by atoms with Crippen LogP contribution in [0, 0.1) is 6.92 Å². The van der Waals surface area contributed by atoms with Crippen LogP contribution < -0.4 is 35.5 Å². The number of nitrogens with zero attached hydrogens (tertiary/aromatic N) is 2. The summed E-state index contributed by atoms with van der Waals surface area (Å²) < 4.78 is 13.4. The van der Waals surface area contributed by atoms with Gasteiger partial charge in [-0.1, -0.05) is 138 Å². The Hall–Kier alpha value is -7.18. The lowest BCUT2D eigenvalue weighted by Crippen LogP contribution is -2.42. The Kier molecular flexibility index (Phi) is 8.97. The molecule has 0 saturated heterocycles. The molecule has 66 heavy (non-hydrogen) atoms. The van der Waals surface area contributed by atoms with Gasteiger partial charge in [0.15, 0.2) is 30.3 Å². The summed E-state index contributed by atoms with van der Waals surface area (Å²) in [6, 6.07) is 59.5. The number of anilines is 8. The maximum atomic E-state index is 6.71. The molecule has 1 N–H and O–H groups in total. The topological polar surface area (TPSA) is 37.0 Å². The summed E-state index contributed by atoms with van der Waals surface area (Å²) in [5.74, 6) is 2.89. The van der Waals surface area contributed by atoms with Crippen molar-refractivity contribution in [2.24, 2.45) is 0 Å². The molecule has 0 amide bonds. The molecule has 5 nitrogen and oxygen atoms in total. The molecule has 12 rings (SSSR count). The van der Waals surface area contributed by atoms with E-state index in [2.05, 4.69) is 203 Å². The third-order valence-electron chi connectivity index (χ3n) is 15.1. The predicted molar refractivity (Wildman–Crippen MR) is 276 cm³/mol. The molecule has 8 aromatic carbocycles. The molecule has 8 aromatic rings. The second-order valence-electron chi connectivity index (χ2n) is 20.6. The predicted octanol–water partition coefficient (Wildman–Crippen LogP) is 14.9. The third-order valence-corrected chi connectivity index (χ3v) is 15.1. The molecule has 0 fully saturated rings. The van der Waals surface area contributed by atoms with Gasteiger partial charge < -0.3 is 24.6 Å². The minimum atomic E-state index is -0.225. The van der Waals surface area contributed by atoms with Gasteiger partial charge in [0.2, 0.25) is 0 Å². The fourth-order valence-corrected chi connectivity index (χ4v) is 11.3. The van der Waals surface area contributed by atoms with E-state index in [1.54, 1.807) is 0 Å². The van der Waals surface area contributed by atoms with Gasteiger partial charge in [-0.25, -0.2) is 0 Å². The molecule has 0 spiro atoms. The van der Waals surface area contributed by atoms with Crippen molar-refractivity contribution in [3.8, 4) is 34.1 Å². The van der Waals surface area contributed by atoms with Gasteiger partial charge in [0.05, 0.1) is 5.69 Å². The number of nitrogens with one attached hydrogen (secondary N) is 1. The zero-order chi connectivity index (χ0) is 45.1. The highest BCUT2D eigenvalue weighted by molar-refractivity contribution is 6.73. The minimum absolute atomic E-state index is 0.00750. The highest BCUT2D eigenvalue weighted by Crippen LogP contribution is 2.54. The number of hydrogen-bond donors (Lipinski definition) is 1. The Morgan fingerprint density at radius 2 is 1.09 bits per heavy atom. The first-order valence-electron chi connectivity index (χ1n) is 23.5. The average Bonchev–Trinajstić information content (AvgIpc) is 3.32. The molecule has 3 heterocycles. The zero-order valence-electron chi connectivity index (χ0n) is 38.9. The van der Waals surface area contributed by atoms with Crippen LogP contribution in [0.3, 0.4) is 0 Å². The minimum Gasteiger partial charge on any atom is -0.450 e. The van der Waals surface area contributed by atoms with Gasteiger partial charge in [0, 0.05) is 56.9 Å². The van der Waals surface area contributed by atoms with Crippen LogP contribution in [0.5, 0.6) is 23.0 Å². The number of para-hydroxylation sites is 6. The van der Waals surface area contributed by atoms with Gasteiger partial charge in [-0.05, 0) is 136 Å². The maximum Gasteiger partial charge on any atom is 0.198 e. The van der Waals surface area contributed by atoms with Gasteiger partial charge in [0.1, 0.15) is 0 Å². The van der Waals surface area contributed by atoms with Crippen molar-refractivity contribution in [2.45, 2.75) is 77.6 Å². The molecule has 0 atom stereocenters. The molecule has 3 aliphatic heterocycles. The normalized spacial score (nSPS) is 16.2. The van der Waals surface area contributed by atoms with Gasteiger partial charge in [-0.2, -0.15) is 0 Å². The Labute approximate surface area is 389 Å². The second-order valence-corrected chi connectivity index (χ2v) is 20.6. The van der Waals surface area contributed by atoms with E-state index in [1.165, 1.54) is 55.6 Å².